The number of amides is 1. The van der Waals surface area contributed by atoms with Gasteiger partial charge < -0.3 is 10.4 Å². The summed E-state index contributed by atoms with van der Waals surface area (Å²) in [5.74, 6) is 0.0688. The van der Waals surface area contributed by atoms with Crippen LogP contribution in [-0.4, -0.2) is 24.2 Å². The number of aliphatic hydroxyl groups excluding tert-OH is 1. The van der Waals surface area contributed by atoms with Crippen LogP contribution in [0.25, 0.3) is 0 Å². The lowest BCUT2D eigenvalue weighted by Gasteiger charge is -2.04. The van der Waals surface area contributed by atoms with E-state index in [0.717, 1.165) is 38.5 Å². The smallest absolute Gasteiger partial charge is 0.220 e. The molecule has 0 rings (SSSR count). The summed E-state index contributed by atoms with van der Waals surface area (Å²) < 4.78 is 0. The highest BCUT2D eigenvalue weighted by atomic mass is 16.3. The Bertz CT molecular complexity index is 491. The second kappa shape index (κ2) is 26.4. The van der Waals surface area contributed by atoms with Crippen LogP contribution in [-0.2, 0) is 4.79 Å². The molecule has 178 valence electrons. The third-order valence-electron chi connectivity index (χ3n) is 5.18. The van der Waals surface area contributed by atoms with Gasteiger partial charge in [-0.3, -0.25) is 4.79 Å². The maximum absolute atomic E-state index is 11.4. The van der Waals surface area contributed by atoms with Gasteiger partial charge in [-0.2, -0.15) is 0 Å². The maximum atomic E-state index is 11.4. The lowest BCUT2D eigenvalue weighted by molar-refractivity contribution is -0.121. The molecule has 0 radical (unpaired) electrons. The molecule has 0 bridgehead atoms. The minimum absolute atomic E-state index is 0.0240. The topological polar surface area (TPSA) is 49.3 Å². The first-order valence-corrected chi connectivity index (χ1v) is 12.8. The average Bonchev–Trinajstić information content (AvgIpc) is 2.78. The minimum atomic E-state index is 0.0240. The zero-order chi connectivity index (χ0) is 22.7. The molecule has 0 aromatic heterocycles. The van der Waals surface area contributed by atoms with Crippen LogP contribution in [0.1, 0.15) is 110 Å². The lowest BCUT2D eigenvalue weighted by atomic mass is 10.0. The van der Waals surface area contributed by atoms with Gasteiger partial charge in [-0.15, -0.1) is 0 Å². The second-order valence-corrected chi connectivity index (χ2v) is 8.15. The van der Waals surface area contributed by atoms with E-state index in [1.165, 1.54) is 57.8 Å². The summed E-state index contributed by atoms with van der Waals surface area (Å²) in [6.45, 7) is 2.57. The molecule has 0 saturated carbocycles. The summed E-state index contributed by atoms with van der Waals surface area (Å²) in [6.07, 6.45) is 36.8. The number of carbonyl (C=O) groups excluding carboxylic acids is 1. The number of rotatable bonds is 22. The summed E-state index contributed by atoms with van der Waals surface area (Å²) in [4.78, 5) is 11.4. The Balaban J connectivity index is 3.26. The van der Waals surface area contributed by atoms with Crippen molar-refractivity contribution in [2.75, 3.05) is 13.2 Å². The van der Waals surface area contributed by atoms with E-state index < -0.39 is 0 Å². The summed E-state index contributed by atoms with van der Waals surface area (Å²) in [5.41, 5.74) is 0. The quantitative estimate of drug-likeness (QED) is 0.137. The molecule has 0 unspecified atom stereocenters. The van der Waals surface area contributed by atoms with Gasteiger partial charge in [0.2, 0.25) is 5.91 Å². The zero-order valence-corrected chi connectivity index (χ0v) is 20.2. The van der Waals surface area contributed by atoms with Crippen molar-refractivity contribution >= 4 is 5.91 Å². The Hall–Kier alpha value is -1.61. The van der Waals surface area contributed by atoms with Gasteiger partial charge in [0.1, 0.15) is 0 Å². The molecule has 0 atom stereocenters. The summed E-state index contributed by atoms with van der Waals surface area (Å²) in [6, 6.07) is 0. The van der Waals surface area contributed by atoms with Crippen molar-refractivity contribution in [3.63, 3.8) is 0 Å². The van der Waals surface area contributed by atoms with Crippen molar-refractivity contribution in [1.29, 1.82) is 0 Å². The number of allylic oxidation sites excluding steroid dienone is 8. The highest BCUT2D eigenvalue weighted by molar-refractivity contribution is 5.75. The third kappa shape index (κ3) is 26.4. The zero-order valence-electron chi connectivity index (χ0n) is 20.2. The highest BCUT2D eigenvalue weighted by Crippen LogP contribution is 2.12. The first-order chi connectivity index (χ1) is 15.3. The van der Waals surface area contributed by atoms with Crippen LogP contribution >= 0.6 is 0 Å². The number of nitrogens with one attached hydrogen (secondary N) is 1. The SMILES string of the molecule is CC/C=C\C/C=C\C/C=C\C/C=C\CCCCCCCCCCCCC(=O)NCCO. The fraction of sp³-hybridized carbons (Fsp3) is 0.679. The molecule has 3 nitrogen and oxygen atoms in total. The maximum Gasteiger partial charge on any atom is 0.220 e. The van der Waals surface area contributed by atoms with Gasteiger partial charge in [0, 0.05) is 13.0 Å². The van der Waals surface area contributed by atoms with Gasteiger partial charge in [0.15, 0.2) is 0 Å². The molecule has 0 aliphatic heterocycles. The Labute approximate surface area is 192 Å². The van der Waals surface area contributed by atoms with Crippen LogP contribution in [0.5, 0.6) is 0 Å². The van der Waals surface area contributed by atoms with E-state index >= 15 is 0 Å². The van der Waals surface area contributed by atoms with Gasteiger partial charge in [-0.25, -0.2) is 0 Å². The molecule has 2 N–H and O–H groups in total. The predicted molar refractivity (Wildman–Crippen MR) is 136 cm³/mol. The molecule has 0 saturated heterocycles. The molecule has 31 heavy (non-hydrogen) atoms. The van der Waals surface area contributed by atoms with E-state index in [4.69, 9.17) is 5.11 Å². The van der Waals surface area contributed by atoms with Crippen molar-refractivity contribution in [2.24, 2.45) is 0 Å². The fourth-order valence-corrected chi connectivity index (χ4v) is 3.34. The molecular weight excluding hydrogens is 382 g/mol. The number of unbranched alkanes of at least 4 members (excludes halogenated alkanes) is 10. The molecule has 0 aromatic carbocycles. The summed E-state index contributed by atoms with van der Waals surface area (Å²) in [5, 5.41) is 11.3. The first kappa shape index (κ1) is 29.4. The molecular formula is C28H49NO2. The van der Waals surface area contributed by atoms with Crippen LogP contribution in [0.3, 0.4) is 0 Å². The number of aliphatic hydroxyl groups is 1. The number of hydrogen-bond donors (Lipinski definition) is 2. The van der Waals surface area contributed by atoms with Crippen molar-refractivity contribution < 1.29 is 9.90 Å². The largest absolute Gasteiger partial charge is 0.395 e. The number of carbonyl (C=O) groups is 1. The Morgan fingerprint density at radius 3 is 1.61 bits per heavy atom. The normalized spacial score (nSPS) is 12.2. The molecule has 0 aliphatic carbocycles. The van der Waals surface area contributed by atoms with Crippen LogP contribution in [0.15, 0.2) is 48.6 Å². The van der Waals surface area contributed by atoms with E-state index in [2.05, 4.69) is 60.8 Å². The van der Waals surface area contributed by atoms with E-state index in [0.29, 0.717) is 13.0 Å². The molecule has 0 aromatic rings. The molecule has 3 heteroatoms. The van der Waals surface area contributed by atoms with Crippen molar-refractivity contribution in [3.05, 3.63) is 48.6 Å². The minimum Gasteiger partial charge on any atom is -0.395 e. The third-order valence-corrected chi connectivity index (χ3v) is 5.18. The van der Waals surface area contributed by atoms with Crippen LogP contribution in [0.2, 0.25) is 0 Å². The molecule has 0 heterocycles. The van der Waals surface area contributed by atoms with Crippen molar-refractivity contribution in [2.45, 2.75) is 110 Å². The Morgan fingerprint density at radius 1 is 0.645 bits per heavy atom. The van der Waals surface area contributed by atoms with Gasteiger partial charge >= 0.3 is 0 Å². The van der Waals surface area contributed by atoms with E-state index in [1.807, 2.05) is 0 Å². The summed E-state index contributed by atoms with van der Waals surface area (Å²) >= 11 is 0. The number of hydrogen-bond acceptors (Lipinski definition) is 2. The van der Waals surface area contributed by atoms with Gasteiger partial charge in [-0.1, -0.05) is 107 Å². The molecule has 0 spiro atoms. The predicted octanol–water partition coefficient (Wildman–Crippen LogP) is 7.58. The monoisotopic (exact) mass is 431 g/mol. The average molecular weight is 432 g/mol. The molecule has 0 aliphatic rings. The standard InChI is InChI=1S/C28H49NO2/c1-2-3-4-5-6-7-8-9-10-11-12-13-14-15-16-17-18-19-20-21-22-23-24-25-28(31)29-26-27-30/h3-4,6-7,9-10,12-13,30H,2,5,8,11,14-27H2,1H3,(H,29,31)/b4-3-,7-6-,10-9-,13-12-. The van der Waals surface area contributed by atoms with Crippen molar-refractivity contribution in [3.8, 4) is 0 Å². The second-order valence-electron chi connectivity index (χ2n) is 8.15. The van der Waals surface area contributed by atoms with Gasteiger partial charge in [0.25, 0.3) is 0 Å². The van der Waals surface area contributed by atoms with E-state index in [9.17, 15) is 4.79 Å². The molecule has 1 amide bonds. The van der Waals surface area contributed by atoms with E-state index in [1.54, 1.807) is 0 Å². The Kier molecular flexibility index (Phi) is 25.1. The molecule has 0 fully saturated rings. The van der Waals surface area contributed by atoms with Crippen LogP contribution < -0.4 is 5.32 Å². The highest BCUT2D eigenvalue weighted by Gasteiger charge is 1.99. The first-order valence-electron chi connectivity index (χ1n) is 12.8. The summed E-state index contributed by atoms with van der Waals surface area (Å²) in [7, 11) is 0. The van der Waals surface area contributed by atoms with Crippen LogP contribution in [0, 0.1) is 0 Å². The Morgan fingerprint density at radius 2 is 1.10 bits per heavy atom. The van der Waals surface area contributed by atoms with Gasteiger partial charge in [-0.05, 0) is 44.9 Å². The van der Waals surface area contributed by atoms with Crippen molar-refractivity contribution in [1.82, 2.24) is 5.32 Å². The fourth-order valence-electron chi connectivity index (χ4n) is 3.34. The van der Waals surface area contributed by atoms with Crippen LogP contribution in [0.4, 0.5) is 0 Å². The lowest BCUT2D eigenvalue weighted by Crippen LogP contribution is -2.25. The van der Waals surface area contributed by atoms with E-state index in [-0.39, 0.29) is 12.5 Å². The van der Waals surface area contributed by atoms with Gasteiger partial charge in [0.05, 0.1) is 6.61 Å².